The predicted octanol–water partition coefficient (Wildman–Crippen LogP) is 0.819. The minimum Gasteiger partial charge on any atom is -0.397 e. The van der Waals surface area contributed by atoms with Crippen LogP contribution in [0.3, 0.4) is 0 Å². The van der Waals surface area contributed by atoms with Gasteiger partial charge in [0.2, 0.25) is 0 Å². The van der Waals surface area contributed by atoms with E-state index in [-0.39, 0.29) is 17.6 Å². The highest BCUT2D eigenvalue weighted by atomic mass is 16.5. The van der Waals surface area contributed by atoms with E-state index >= 15 is 0 Å². The van der Waals surface area contributed by atoms with Crippen molar-refractivity contribution in [1.82, 2.24) is 10.3 Å². The number of hydrogen-bond acceptors (Lipinski definition) is 4. The van der Waals surface area contributed by atoms with Crippen LogP contribution in [0.4, 0.5) is 5.69 Å². The maximum atomic E-state index is 11.8. The molecule has 0 spiro atoms. The van der Waals surface area contributed by atoms with Crippen LogP contribution in [0.5, 0.6) is 0 Å². The van der Waals surface area contributed by atoms with Crippen molar-refractivity contribution in [3.63, 3.8) is 0 Å². The normalized spacial score (nSPS) is 12.1. The molecule has 0 aliphatic heterocycles. The lowest BCUT2D eigenvalue weighted by atomic mass is 10.2. The van der Waals surface area contributed by atoms with Gasteiger partial charge in [0.1, 0.15) is 0 Å². The highest BCUT2D eigenvalue weighted by molar-refractivity contribution is 5.97. The first kappa shape index (κ1) is 12.4. The Kier molecular flexibility index (Phi) is 4.72. The second kappa shape index (κ2) is 6.07. The molecule has 1 amide bonds. The molecule has 5 nitrogen and oxygen atoms in total. The fourth-order valence-electron chi connectivity index (χ4n) is 1.32. The molecule has 16 heavy (non-hydrogen) atoms. The van der Waals surface area contributed by atoms with Gasteiger partial charge in [-0.1, -0.05) is 6.92 Å². The van der Waals surface area contributed by atoms with E-state index in [1.807, 2.05) is 6.92 Å². The molecule has 0 aliphatic carbocycles. The van der Waals surface area contributed by atoms with E-state index in [4.69, 9.17) is 10.5 Å². The smallest absolute Gasteiger partial charge is 0.272 e. The van der Waals surface area contributed by atoms with Gasteiger partial charge in [0.15, 0.2) is 5.69 Å². The van der Waals surface area contributed by atoms with Crippen LogP contribution < -0.4 is 11.1 Å². The van der Waals surface area contributed by atoms with Gasteiger partial charge in [0.05, 0.1) is 18.3 Å². The summed E-state index contributed by atoms with van der Waals surface area (Å²) in [6.45, 7) is 2.46. The summed E-state index contributed by atoms with van der Waals surface area (Å²) in [4.78, 5) is 15.7. The van der Waals surface area contributed by atoms with Crippen molar-refractivity contribution in [3.8, 4) is 0 Å². The summed E-state index contributed by atoms with van der Waals surface area (Å²) in [5, 5.41) is 2.82. The van der Waals surface area contributed by atoms with Crippen LogP contribution in [-0.4, -0.2) is 30.6 Å². The van der Waals surface area contributed by atoms with Gasteiger partial charge >= 0.3 is 0 Å². The predicted molar refractivity (Wildman–Crippen MR) is 62.1 cm³/mol. The molecule has 0 bridgehead atoms. The Balaban J connectivity index is 2.68. The molecule has 1 unspecified atom stereocenters. The zero-order chi connectivity index (χ0) is 12.0. The third-order valence-electron chi connectivity index (χ3n) is 2.25. The second-order valence-electron chi connectivity index (χ2n) is 3.48. The Bertz CT molecular complexity index is 355. The number of aromatic nitrogens is 1. The van der Waals surface area contributed by atoms with E-state index in [9.17, 15) is 4.79 Å². The van der Waals surface area contributed by atoms with Gasteiger partial charge < -0.3 is 15.8 Å². The van der Waals surface area contributed by atoms with Crippen LogP contribution in [0, 0.1) is 0 Å². The Morgan fingerprint density at radius 1 is 1.69 bits per heavy atom. The maximum Gasteiger partial charge on any atom is 0.272 e. The van der Waals surface area contributed by atoms with Crippen LogP contribution >= 0.6 is 0 Å². The van der Waals surface area contributed by atoms with Crippen molar-refractivity contribution in [2.45, 2.75) is 19.4 Å². The molecule has 3 N–H and O–H groups in total. The summed E-state index contributed by atoms with van der Waals surface area (Å²) in [6, 6.07) is 3.33. The molecule has 0 saturated heterocycles. The Labute approximate surface area is 95.0 Å². The molecule has 1 aromatic heterocycles. The molecule has 5 heteroatoms. The number of carbonyl (C=O) groups excluding carboxylic acids is 1. The zero-order valence-corrected chi connectivity index (χ0v) is 9.56. The summed E-state index contributed by atoms with van der Waals surface area (Å²) in [6.07, 6.45) is 2.34. The largest absolute Gasteiger partial charge is 0.397 e. The number of rotatable bonds is 5. The molecule has 1 heterocycles. The van der Waals surface area contributed by atoms with Gasteiger partial charge in [-0.2, -0.15) is 0 Å². The van der Waals surface area contributed by atoms with E-state index in [0.29, 0.717) is 12.3 Å². The molecule has 1 atom stereocenters. The van der Waals surface area contributed by atoms with Crippen molar-refractivity contribution in [2.75, 3.05) is 19.5 Å². The van der Waals surface area contributed by atoms with Gasteiger partial charge in [-0.15, -0.1) is 0 Å². The fourth-order valence-corrected chi connectivity index (χ4v) is 1.32. The third kappa shape index (κ3) is 3.20. The minimum atomic E-state index is -0.262. The molecule has 0 saturated carbocycles. The van der Waals surface area contributed by atoms with Crippen molar-refractivity contribution in [1.29, 1.82) is 0 Å². The van der Waals surface area contributed by atoms with Crippen LogP contribution in [0.25, 0.3) is 0 Å². The molecular formula is C11H17N3O2. The van der Waals surface area contributed by atoms with Gasteiger partial charge in [-0.25, -0.2) is 4.98 Å². The second-order valence-corrected chi connectivity index (χ2v) is 3.48. The van der Waals surface area contributed by atoms with Crippen molar-refractivity contribution >= 4 is 11.6 Å². The molecular weight excluding hydrogens is 206 g/mol. The van der Waals surface area contributed by atoms with Crippen LogP contribution in [0.15, 0.2) is 18.3 Å². The highest BCUT2D eigenvalue weighted by Crippen LogP contribution is 2.07. The molecule has 1 aromatic rings. The summed E-state index contributed by atoms with van der Waals surface area (Å²) >= 11 is 0. The Morgan fingerprint density at radius 2 is 2.44 bits per heavy atom. The SMILES string of the molecule is CCC(COC)NC(=O)c1ncccc1N. The number of nitrogens with zero attached hydrogens (tertiary/aromatic N) is 1. The first-order chi connectivity index (χ1) is 7.69. The summed E-state index contributed by atoms with van der Waals surface area (Å²) in [7, 11) is 1.60. The van der Waals surface area contributed by atoms with Gasteiger partial charge in [0, 0.05) is 13.3 Å². The minimum absolute atomic E-state index is 0.0149. The molecule has 88 valence electrons. The lowest BCUT2D eigenvalue weighted by molar-refractivity contribution is 0.0890. The zero-order valence-electron chi connectivity index (χ0n) is 9.56. The average Bonchev–Trinajstić information content (AvgIpc) is 2.28. The van der Waals surface area contributed by atoms with Gasteiger partial charge in [-0.05, 0) is 18.6 Å². The summed E-state index contributed by atoms with van der Waals surface area (Å²) in [5.74, 6) is -0.262. The quantitative estimate of drug-likeness (QED) is 0.774. The number of nitrogen functional groups attached to an aromatic ring is 1. The number of anilines is 1. The lowest BCUT2D eigenvalue weighted by Gasteiger charge is -2.15. The van der Waals surface area contributed by atoms with E-state index in [1.54, 1.807) is 25.4 Å². The van der Waals surface area contributed by atoms with Crippen molar-refractivity contribution < 1.29 is 9.53 Å². The van der Waals surface area contributed by atoms with Crippen LogP contribution in [0.1, 0.15) is 23.8 Å². The molecule has 1 rings (SSSR count). The van der Waals surface area contributed by atoms with Crippen molar-refractivity contribution in [2.24, 2.45) is 0 Å². The lowest BCUT2D eigenvalue weighted by Crippen LogP contribution is -2.38. The van der Waals surface area contributed by atoms with Crippen molar-refractivity contribution in [3.05, 3.63) is 24.0 Å². The van der Waals surface area contributed by atoms with E-state index in [1.165, 1.54) is 0 Å². The topological polar surface area (TPSA) is 77.2 Å². The number of methoxy groups -OCH3 is 1. The van der Waals surface area contributed by atoms with Crippen LogP contribution in [0.2, 0.25) is 0 Å². The van der Waals surface area contributed by atoms with Crippen LogP contribution in [-0.2, 0) is 4.74 Å². The standard InChI is InChI=1S/C11H17N3O2/c1-3-8(7-16-2)14-11(15)10-9(12)5-4-6-13-10/h4-6,8H,3,7,12H2,1-2H3,(H,14,15). The first-order valence-electron chi connectivity index (χ1n) is 5.19. The number of hydrogen-bond donors (Lipinski definition) is 2. The fraction of sp³-hybridized carbons (Fsp3) is 0.455. The van der Waals surface area contributed by atoms with E-state index in [2.05, 4.69) is 10.3 Å². The molecule has 0 aliphatic rings. The molecule has 0 radical (unpaired) electrons. The summed E-state index contributed by atoms with van der Waals surface area (Å²) < 4.78 is 5.00. The Hall–Kier alpha value is -1.62. The van der Waals surface area contributed by atoms with E-state index in [0.717, 1.165) is 6.42 Å². The monoisotopic (exact) mass is 223 g/mol. The maximum absolute atomic E-state index is 11.8. The number of nitrogens with one attached hydrogen (secondary N) is 1. The third-order valence-corrected chi connectivity index (χ3v) is 2.25. The number of nitrogens with two attached hydrogens (primary N) is 1. The molecule has 0 aromatic carbocycles. The first-order valence-corrected chi connectivity index (χ1v) is 5.19. The molecule has 0 fully saturated rings. The average molecular weight is 223 g/mol. The van der Waals surface area contributed by atoms with E-state index < -0.39 is 0 Å². The number of carbonyl (C=O) groups is 1. The summed E-state index contributed by atoms with van der Waals surface area (Å²) in [5.41, 5.74) is 6.30. The number of amides is 1. The number of pyridine rings is 1. The number of ether oxygens (including phenoxy) is 1. The van der Waals surface area contributed by atoms with Gasteiger partial charge in [-0.3, -0.25) is 4.79 Å². The Morgan fingerprint density at radius 3 is 3.00 bits per heavy atom. The van der Waals surface area contributed by atoms with Gasteiger partial charge in [0.25, 0.3) is 5.91 Å². The highest BCUT2D eigenvalue weighted by Gasteiger charge is 2.14.